The van der Waals surface area contributed by atoms with Crippen LogP contribution in [0.5, 0.6) is 0 Å². The second-order valence-electron chi connectivity index (χ2n) is 4.44. The molecule has 2 N–H and O–H groups in total. The quantitative estimate of drug-likeness (QED) is 0.616. The normalized spacial score (nSPS) is 12.3. The Morgan fingerprint density at radius 1 is 1.29 bits per heavy atom. The number of carbonyl (C=O) groups is 2. The van der Waals surface area contributed by atoms with Crippen LogP contribution >= 0.6 is 0 Å². The minimum absolute atomic E-state index is 0.0930. The van der Waals surface area contributed by atoms with Gasteiger partial charge in [0.25, 0.3) is 0 Å². The average molecular weight is 244 g/mol. The van der Waals surface area contributed by atoms with Crippen LogP contribution in [0.1, 0.15) is 33.6 Å². The van der Waals surface area contributed by atoms with Gasteiger partial charge in [-0.3, -0.25) is 14.9 Å². The van der Waals surface area contributed by atoms with E-state index < -0.39 is 6.04 Å². The molecule has 0 spiro atoms. The summed E-state index contributed by atoms with van der Waals surface area (Å²) < 4.78 is 4.69. The molecule has 0 aliphatic carbocycles. The van der Waals surface area contributed by atoms with Gasteiger partial charge in [0.1, 0.15) is 6.04 Å². The van der Waals surface area contributed by atoms with Crippen molar-refractivity contribution in [3.63, 3.8) is 0 Å². The van der Waals surface area contributed by atoms with E-state index in [-0.39, 0.29) is 18.4 Å². The molecule has 0 heterocycles. The number of methoxy groups -OCH3 is 1. The molecule has 0 fully saturated rings. The summed E-state index contributed by atoms with van der Waals surface area (Å²) in [6, 6.07) is -0.410. The molecule has 100 valence electrons. The highest BCUT2D eigenvalue weighted by Gasteiger charge is 2.20. The summed E-state index contributed by atoms with van der Waals surface area (Å²) in [4.78, 5) is 22.8. The van der Waals surface area contributed by atoms with Crippen LogP contribution in [0.4, 0.5) is 0 Å². The van der Waals surface area contributed by atoms with Crippen LogP contribution in [-0.2, 0) is 14.3 Å². The summed E-state index contributed by atoms with van der Waals surface area (Å²) in [5.74, 6) is -0.0446. The van der Waals surface area contributed by atoms with Gasteiger partial charge in [-0.05, 0) is 18.8 Å². The maximum absolute atomic E-state index is 11.5. The number of nitrogens with one attached hydrogen (secondary N) is 2. The number of rotatable bonds is 8. The highest BCUT2D eigenvalue weighted by atomic mass is 16.5. The Labute approximate surface area is 103 Å². The summed E-state index contributed by atoms with van der Waals surface area (Å²) in [5.41, 5.74) is 0. The van der Waals surface area contributed by atoms with Crippen molar-refractivity contribution in [1.29, 1.82) is 0 Å². The topological polar surface area (TPSA) is 67.4 Å². The van der Waals surface area contributed by atoms with E-state index in [0.717, 1.165) is 6.42 Å². The van der Waals surface area contributed by atoms with Crippen molar-refractivity contribution < 1.29 is 14.3 Å². The summed E-state index contributed by atoms with van der Waals surface area (Å²) >= 11 is 0. The van der Waals surface area contributed by atoms with Crippen molar-refractivity contribution in [3.05, 3.63) is 0 Å². The first kappa shape index (κ1) is 15.9. The lowest BCUT2D eigenvalue weighted by Crippen LogP contribution is -2.44. The van der Waals surface area contributed by atoms with E-state index in [1.54, 1.807) is 0 Å². The maximum atomic E-state index is 11.5. The number of carbonyl (C=O) groups excluding carboxylic acids is 2. The molecule has 1 unspecified atom stereocenters. The largest absolute Gasteiger partial charge is 0.468 e. The molecule has 0 saturated carbocycles. The van der Waals surface area contributed by atoms with Crippen molar-refractivity contribution in [2.24, 2.45) is 5.92 Å². The second kappa shape index (κ2) is 8.98. The highest BCUT2D eigenvalue weighted by molar-refractivity contribution is 5.80. The number of esters is 1. The molecule has 0 saturated heterocycles. The molecule has 0 bridgehead atoms. The van der Waals surface area contributed by atoms with Crippen LogP contribution in [-0.4, -0.2) is 38.1 Å². The van der Waals surface area contributed by atoms with Gasteiger partial charge in [0.2, 0.25) is 5.91 Å². The molecule has 0 aromatic carbocycles. The molecular formula is C12H24N2O3. The predicted octanol–water partition coefficient (Wildman–Crippen LogP) is 0.690. The molecule has 17 heavy (non-hydrogen) atoms. The van der Waals surface area contributed by atoms with Crippen LogP contribution in [0.15, 0.2) is 0 Å². The predicted molar refractivity (Wildman–Crippen MR) is 66.6 cm³/mol. The van der Waals surface area contributed by atoms with Crippen molar-refractivity contribution in [2.45, 2.75) is 39.7 Å². The minimum Gasteiger partial charge on any atom is -0.468 e. The van der Waals surface area contributed by atoms with Crippen molar-refractivity contribution >= 4 is 11.9 Å². The molecular weight excluding hydrogens is 220 g/mol. The number of amides is 1. The average Bonchev–Trinajstić information content (AvgIpc) is 2.30. The van der Waals surface area contributed by atoms with E-state index in [4.69, 9.17) is 4.74 Å². The van der Waals surface area contributed by atoms with Gasteiger partial charge in [-0.1, -0.05) is 20.8 Å². The maximum Gasteiger partial charge on any atom is 0.322 e. The van der Waals surface area contributed by atoms with Gasteiger partial charge in [0, 0.05) is 6.54 Å². The SMILES string of the molecule is CCCNC(=O)CNC(CC(C)C)C(=O)OC. The van der Waals surface area contributed by atoms with Gasteiger partial charge in [-0.15, -0.1) is 0 Å². The van der Waals surface area contributed by atoms with E-state index in [1.165, 1.54) is 7.11 Å². The van der Waals surface area contributed by atoms with Crippen molar-refractivity contribution in [2.75, 3.05) is 20.2 Å². The number of ether oxygens (including phenoxy) is 1. The van der Waals surface area contributed by atoms with Crippen molar-refractivity contribution in [3.8, 4) is 0 Å². The first-order chi connectivity index (χ1) is 8.01. The first-order valence-electron chi connectivity index (χ1n) is 6.09. The van der Waals surface area contributed by atoms with E-state index in [1.807, 2.05) is 20.8 Å². The summed E-state index contributed by atoms with van der Waals surface area (Å²) in [6.45, 7) is 6.84. The molecule has 1 atom stereocenters. The Hall–Kier alpha value is -1.10. The van der Waals surface area contributed by atoms with E-state index in [2.05, 4.69) is 10.6 Å². The Morgan fingerprint density at radius 2 is 1.94 bits per heavy atom. The lowest BCUT2D eigenvalue weighted by atomic mass is 10.0. The fourth-order valence-corrected chi connectivity index (χ4v) is 1.42. The monoisotopic (exact) mass is 244 g/mol. The zero-order chi connectivity index (χ0) is 13.3. The molecule has 0 rings (SSSR count). The second-order valence-corrected chi connectivity index (χ2v) is 4.44. The van der Waals surface area contributed by atoms with Crippen LogP contribution in [0, 0.1) is 5.92 Å². The van der Waals surface area contributed by atoms with Gasteiger partial charge in [0.05, 0.1) is 13.7 Å². The first-order valence-corrected chi connectivity index (χ1v) is 6.09. The number of hydrogen-bond donors (Lipinski definition) is 2. The van der Waals surface area contributed by atoms with E-state index in [9.17, 15) is 9.59 Å². The molecule has 0 aromatic rings. The van der Waals surface area contributed by atoms with Gasteiger partial charge in [0.15, 0.2) is 0 Å². The molecule has 0 aromatic heterocycles. The Balaban J connectivity index is 4.07. The smallest absolute Gasteiger partial charge is 0.322 e. The number of hydrogen-bond acceptors (Lipinski definition) is 4. The van der Waals surface area contributed by atoms with Crippen molar-refractivity contribution in [1.82, 2.24) is 10.6 Å². The summed E-state index contributed by atoms with van der Waals surface area (Å²) in [5, 5.41) is 5.67. The Morgan fingerprint density at radius 3 is 2.41 bits per heavy atom. The lowest BCUT2D eigenvalue weighted by molar-refractivity contribution is -0.143. The van der Waals surface area contributed by atoms with Crippen LogP contribution in [0.2, 0.25) is 0 Å². The van der Waals surface area contributed by atoms with Gasteiger partial charge in [-0.25, -0.2) is 0 Å². The molecule has 0 radical (unpaired) electrons. The molecule has 0 aliphatic heterocycles. The molecule has 1 amide bonds. The lowest BCUT2D eigenvalue weighted by Gasteiger charge is -2.18. The third kappa shape index (κ3) is 7.74. The minimum atomic E-state index is -0.410. The molecule has 5 heteroatoms. The molecule has 0 aliphatic rings. The zero-order valence-electron chi connectivity index (χ0n) is 11.2. The van der Waals surface area contributed by atoms with E-state index >= 15 is 0 Å². The van der Waals surface area contributed by atoms with Crippen LogP contribution < -0.4 is 10.6 Å². The van der Waals surface area contributed by atoms with Crippen LogP contribution in [0.25, 0.3) is 0 Å². The van der Waals surface area contributed by atoms with E-state index in [0.29, 0.717) is 18.9 Å². The Bertz CT molecular complexity index is 242. The Kier molecular flexibility index (Phi) is 8.40. The van der Waals surface area contributed by atoms with Gasteiger partial charge >= 0.3 is 5.97 Å². The van der Waals surface area contributed by atoms with Gasteiger partial charge in [-0.2, -0.15) is 0 Å². The standard InChI is InChI=1S/C12H24N2O3/c1-5-6-13-11(15)8-14-10(7-9(2)3)12(16)17-4/h9-10,14H,5-8H2,1-4H3,(H,13,15). The fourth-order valence-electron chi connectivity index (χ4n) is 1.42. The third-order valence-corrected chi connectivity index (χ3v) is 2.27. The fraction of sp³-hybridized carbons (Fsp3) is 0.833. The molecule has 5 nitrogen and oxygen atoms in total. The van der Waals surface area contributed by atoms with Crippen LogP contribution in [0.3, 0.4) is 0 Å². The van der Waals surface area contributed by atoms with Gasteiger partial charge < -0.3 is 10.1 Å². The zero-order valence-corrected chi connectivity index (χ0v) is 11.2. The summed E-state index contributed by atoms with van der Waals surface area (Å²) in [7, 11) is 1.36. The summed E-state index contributed by atoms with van der Waals surface area (Å²) in [6.07, 6.45) is 1.56. The highest BCUT2D eigenvalue weighted by Crippen LogP contribution is 2.05. The third-order valence-electron chi connectivity index (χ3n) is 2.27.